The van der Waals surface area contributed by atoms with Gasteiger partial charge in [-0.2, -0.15) is 0 Å². The van der Waals surface area contributed by atoms with Crippen molar-refractivity contribution >= 4 is 0 Å². The molecule has 0 aromatic carbocycles. The van der Waals surface area contributed by atoms with E-state index in [1.807, 2.05) is 0 Å². The van der Waals surface area contributed by atoms with Crippen LogP contribution in [0.4, 0.5) is 0 Å². The molecular formula is C7H13NO3. The summed E-state index contributed by atoms with van der Waals surface area (Å²) in [6.45, 7) is 4.75. The van der Waals surface area contributed by atoms with Gasteiger partial charge in [-0.25, -0.2) is 0 Å². The zero-order valence-electron chi connectivity index (χ0n) is 7.00. The van der Waals surface area contributed by atoms with E-state index in [4.69, 9.17) is 0 Å². The molecule has 0 saturated carbocycles. The second-order valence-corrected chi connectivity index (χ2v) is 2.45. The molecule has 0 radical (unpaired) electrons. The van der Waals surface area contributed by atoms with Gasteiger partial charge in [0.1, 0.15) is 0 Å². The van der Waals surface area contributed by atoms with Gasteiger partial charge >= 0.3 is 0 Å². The van der Waals surface area contributed by atoms with E-state index in [1.165, 1.54) is 6.92 Å². The topological polar surface area (TPSA) is 63.4 Å². The number of rotatable bonds is 3. The van der Waals surface area contributed by atoms with Gasteiger partial charge < -0.3 is 5.11 Å². The summed E-state index contributed by atoms with van der Waals surface area (Å²) in [4.78, 5) is 9.72. The highest BCUT2D eigenvalue weighted by molar-refractivity contribution is 5.07. The Labute approximate surface area is 65.7 Å². The lowest BCUT2D eigenvalue weighted by Crippen LogP contribution is -2.11. The molecule has 0 aromatic rings. The van der Waals surface area contributed by atoms with Crippen LogP contribution in [0.25, 0.3) is 0 Å². The van der Waals surface area contributed by atoms with E-state index in [0.717, 1.165) is 0 Å². The van der Waals surface area contributed by atoms with Crippen LogP contribution < -0.4 is 0 Å². The average molecular weight is 159 g/mol. The van der Waals surface area contributed by atoms with Gasteiger partial charge in [0.2, 0.25) is 5.70 Å². The fourth-order valence-corrected chi connectivity index (χ4v) is 0.691. The Hall–Kier alpha value is -0.900. The van der Waals surface area contributed by atoms with Crippen molar-refractivity contribution in [2.45, 2.75) is 33.3 Å². The Morgan fingerprint density at radius 2 is 2.09 bits per heavy atom. The Balaban J connectivity index is 4.51. The molecule has 4 nitrogen and oxygen atoms in total. The van der Waals surface area contributed by atoms with Crippen LogP contribution in [0.15, 0.2) is 11.3 Å². The first-order chi connectivity index (χ1) is 5.00. The quantitative estimate of drug-likeness (QED) is 0.499. The maximum Gasteiger partial charge on any atom is 0.244 e. The Bertz CT molecular complexity index is 186. The van der Waals surface area contributed by atoms with Crippen LogP contribution >= 0.6 is 0 Å². The number of allylic oxidation sites excluding steroid dienone is 1. The fourth-order valence-electron chi connectivity index (χ4n) is 0.691. The van der Waals surface area contributed by atoms with Gasteiger partial charge in [-0.15, -0.1) is 0 Å². The van der Waals surface area contributed by atoms with Crippen LogP contribution in [-0.4, -0.2) is 16.1 Å². The summed E-state index contributed by atoms with van der Waals surface area (Å²) in [6.07, 6.45) is -0.169. The number of hydrogen-bond acceptors (Lipinski definition) is 3. The number of nitrogens with zero attached hydrogens (tertiary/aromatic N) is 1. The molecule has 0 fully saturated rings. The van der Waals surface area contributed by atoms with Crippen LogP contribution in [-0.2, 0) is 0 Å². The fraction of sp³-hybridized carbons (Fsp3) is 0.714. The molecule has 0 aliphatic carbocycles. The van der Waals surface area contributed by atoms with Crippen molar-refractivity contribution in [2.24, 2.45) is 0 Å². The summed E-state index contributed by atoms with van der Waals surface area (Å²) < 4.78 is 0. The highest BCUT2D eigenvalue weighted by Crippen LogP contribution is 2.10. The molecule has 0 aliphatic rings. The smallest absolute Gasteiger partial charge is 0.244 e. The van der Waals surface area contributed by atoms with Crippen molar-refractivity contribution in [3.63, 3.8) is 0 Å². The van der Waals surface area contributed by atoms with Crippen molar-refractivity contribution in [2.75, 3.05) is 0 Å². The maximum absolute atomic E-state index is 10.2. The van der Waals surface area contributed by atoms with E-state index >= 15 is 0 Å². The standard InChI is InChI=1S/C7H13NO3/c1-4-7(9)5(2)6(3)8(10)11/h7,9H,4H2,1-3H3/b6-5-. The summed E-state index contributed by atoms with van der Waals surface area (Å²) in [5, 5.41) is 19.4. The normalized spacial score (nSPS) is 15.6. The molecule has 0 bridgehead atoms. The molecule has 0 amide bonds. The van der Waals surface area contributed by atoms with E-state index < -0.39 is 11.0 Å². The van der Waals surface area contributed by atoms with E-state index in [9.17, 15) is 15.2 Å². The van der Waals surface area contributed by atoms with Crippen LogP contribution in [0.1, 0.15) is 27.2 Å². The molecular weight excluding hydrogens is 146 g/mol. The first-order valence-electron chi connectivity index (χ1n) is 3.50. The van der Waals surface area contributed by atoms with Crippen molar-refractivity contribution in [3.05, 3.63) is 21.4 Å². The predicted molar refractivity (Wildman–Crippen MR) is 41.7 cm³/mol. The summed E-state index contributed by atoms with van der Waals surface area (Å²) in [5.41, 5.74) is 0.483. The summed E-state index contributed by atoms with van der Waals surface area (Å²) in [5.74, 6) is 0. The zero-order chi connectivity index (χ0) is 9.02. The minimum atomic E-state index is -0.680. The van der Waals surface area contributed by atoms with Crippen molar-refractivity contribution in [3.8, 4) is 0 Å². The third-order valence-electron chi connectivity index (χ3n) is 1.73. The first-order valence-corrected chi connectivity index (χ1v) is 3.50. The average Bonchev–Trinajstić information content (AvgIpc) is 2.00. The van der Waals surface area contributed by atoms with Crippen LogP contribution in [0.2, 0.25) is 0 Å². The highest BCUT2D eigenvalue weighted by Gasteiger charge is 2.13. The largest absolute Gasteiger partial charge is 0.389 e. The Morgan fingerprint density at radius 1 is 1.64 bits per heavy atom. The van der Waals surface area contributed by atoms with Crippen LogP contribution in [0, 0.1) is 10.1 Å². The lowest BCUT2D eigenvalue weighted by Gasteiger charge is -2.06. The molecule has 0 heterocycles. The monoisotopic (exact) mass is 159 g/mol. The van der Waals surface area contributed by atoms with E-state index in [-0.39, 0.29) is 5.70 Å². The Morgan fingerprint density at radius 3 is 2.36 bits per heavy atom. The Kier molecular flexibility index (Phi) is 3.74. The van der Waals surface area contributed by atoms with Gasteiger partial charge in [0.05, 0.1) is 11.0 Å². The van der Waals surface area contributed by atoms with Crippen molar-refractivity contribution in [1.29, 1.82) is 0 Å². The molecule has 0 rings (SSSR count). The molecule has 11 heavy (non-hydrogen) atoms. The number of aliphatic hydroxyl groups is 1. The SMILES string of the molecule is CCC(O)/C(C)=C(/C)[N+](=O)[O-]. The van der Waals surface area contributed by atoms with Gasteiger partial charge in [-0.05, 0) is 13.3 Å². The third-order valence-corrected chi connectivity index (χ3v) is 1.73. The summed E-state index contributed by atoms with van der Waals surface area (Å²) in [7, 11) is 0. The minimum Gasteiger partial charge on any atom is -0.389 e. The van der Waals surface area contributed by atoms with Gasteiger partial charge in [0.15, 0.2) is 0 Å². The van der Waals surface area contributed by atoms with Crippen LogP contribution in [0.3, 0.4) is 0 Å². The second-order valence-electron chi connectivity index (χ2n) is 2.45. The van der Waals surface area contributed by atoms with Crippen molar-refractivity contribution < 1.29 is 10.0 Å². The highest BCUT2D eigenvalue weighted by atomic mass is 16.6. The lowest BCUT2D eigenvalue weighted by atomic mass is 10.1. The van der Waals surface area contributed by atoms with Crippen molar-refractivity contribution in [1.82, 2.24) is 0 Å². The lowest BCUT2D eigenvalue weighted by molar-refractivity contribution is -0.426. The van der Waals surface area contributed by atoms with Gasteiger partial charge in [0, 0.05) is 12.5 Å². The van der Waals surface area contributed by atoms with Gasteiger partial charge in [-0.3, -0.25) is 10.1 Å². The van der Waals surface area contributed by atoms with E-state index in [1.54, 1.807) is 13.8 Å². The molecule has 0 aliphatic heterocycles. The van der Waals surface area contributed by atoms with E-state index in [0.29, 0.717) is 12.0 Å². The molecule has 64 valence electrons. The predicted octanol–water partition coefficient (Wildman–Crippen LogP) is 1.33. The second kappa shape index (κ2) is 4.08. The molecule has 0 spiro atoms. The molecule has 4 heteroatoms. The number of nitro groups is 1. The first kappa shape index (κ1) is 10.1. The molecule has 0 aromatic heterocycles. The van der Waals surface area contributed by atoms with Gasteiger partial charge in [0.25, 0.3) is 0 Å². The van der Waals surface area contributed by atoms with E-state index in [2.05, 4.69) is 0 Å². The molecule has 0 saturated heterocycles. The summed E-state index contributed by atoms with van der Waals surface area (Å²) >= 11 is 0. The molecule has 1 unspecified atom stereocenters. The molecule has 1 atom stereocenters. The number of aliphatic hydroxyl groups excluding tert-OH is 1. The number of hydrogen-bond donors (Lipinski definition) is 1. The van der Waals surface area contributed by atoms with Gasteiger partial charge in [-0.1, -0.05) is 6.92 Å². The third kappa shape index (κ3) is 2.67. The minimum absolute atomic E-state index is 0.0411. The zero-order valence-corrected chi connectivity index (χ0v) is 7.00. The molecule has 1 N–H and O–H groups in total. The maximum atomic E-state index is 10.2. The van der Waals surface area contributed by atoms with Crippen LogP contribution in [0.5, 0.6) is 0 Å². The summed E-state index contributed by atoms with van der Waals surface area (Å²) in [6, 6.07) is 0.